The molecule has 1 fully saturated rings. The van der Waals surface area contributed by atoms with Crippen molar-refractivity contribution in [3.63, 3.8) is 0 Å². The molecule has 5 nitrogen and oxygen atoms in total. The van der Waals surface area contributed by atoms with E-state index in [2.05, 4.69) is 16.0 Å². The van der Waals surface area contributed by atoms with E-state index in [9.17, 15) is 4.79 Å². The third kappa shape index (κ3) is 5.95. The molecule has 3 aromatic rings. The van der Waals surface area contributed by atoms with Gasteiger partial charge in [-0.2, -0.15) is 0 Å². The van der Waals surface area contributed by atoms with E-state index in [0.29, 0.717) is 12.2 Å². The van der Waals surface area contributed by atoms with Crippen molar-refractivity contribution >= 4 is 5.91 Å². The lowest BCUT2D eigenvalue weighted by Gasteiger charge is -2.36. The maximum absolute atomic E-state index is 13.0. The largest absolute Gasteiger partial charge is 0.489 e. The number of benzene rings is 2. The topological polar surface area (TPSA) is 45.7 Å². The fraction of sp³-hybridized carbons (Fsp3) is 0.333. The summed E-state index contributed by atoms with van der Waals surface area (Å²) in [6, 6.07) is 23.9. The highest BCUT2D eigenvalue weighted by molar-refractivity contribution is 5.94. The van der Waals surface area contributed by atoms with Crippen LogP contribution in [0.2, 0.25) is 0 Å². The highest BCUT2D eigenvalue weighted by Gasteiger charge is 2.26. The van der Waals surface area contributed by atoms with Crippen molar-refractivity contribution in [1.82, 2.24) is 14.8 Å². The van der Waals surface area contributed by atoms with Crippen molar-refractivity contribution in [3.05, 3.63) is 95.8 Å². The van der Waals surface area contributed by atoms with Gasteiger partial charge in [0, 0.05) is 56.6 Å². The fourth-order valence-electron chi connectivity index (χ4n) is 4.15. The molecule has 0 bridgehead atoms. The van der Waals surface area contributed by atoms with Gasteiger partial charge in [-0.25, -0.2) is 0 Å². The minimum Gasteiger partial charge on any atom is -0.489 e. The Kier molecular flexibility index (Phi) is 7.51. The highest BCUT2D eigenvalue weighted by Crippen LogP contribution is 2.20. The van der Waals surface area contributed by atoms with Crippen molar-refractivity contribution < 1.29 is 9.53 Å². The first-order valence-electron chi connectivity index (χ1n) is 11.4. The molecule has 0 saturated carbocycles. The number of carbonyl (C=O) groups is 1. The number of carbonyl (C=O) groups excluding carboxylic acids is 1. The maximum Gasteiger partial charge on any atom is 0.253 e. The molecular weight excluding hydrogens is 398 g/mol. The molecule has 4 rings (SSSR count). The van der Waals surface area contributed by atoms with E-state index in [0.717, 1.165) is 55.9 Å². The summed E-state index contributed by atoms with van der Waals surface area (Å²) < 4.78 is 5.84. The number of aromatic nitrogens is 1. The average molecular weight is 430 g/mol. The molecule has 1 saturated heterocycles. The summed E-state index contributed by atoms with van der Waals surface area (Å²) in [4.78, 5) is 21.8. The molecule has 0 radical (unpaired) electrons. The Morgan fingerprint density at radius 3 is 2.41 bits per heavy atom. The first-order valence-corrected chi connectivity index (χ1v) is 11.4. The van der Waals surface area contributed by atoms with Crippen LogP contribution in [0.4, 0.5) is 0 Å². The summed E-state index contributed by atoms with van der Waals surface area (Å²) >= 11 is 0. The fourth-order valence-corrected chi connectivity index (χ4v) is 4.15. The van der Waals surface area contributed by atoms with E-state index in [1.54, 1.807) is 0 Å². The van der Waals surface area contributed by atoms with Gasteiger partial charge in [-0.1, -0.05) is 36.4 Å². The lowest BCUT2D eigenvalue weighted by atomic mass is 10.0. The van der Waals surface area contributed by atoms with Gasteiger partial charge < -0.3 is 14.5 Å². The lowest BCUT2D eigenvalue weighted by molar-refractivity contribution is 0.0643. The quantitative estimate of drug-likeness (QED) is 0.531. The Bertz CT molecular complexity index is 969. The number of amides is 1. The number of hydrogen-bond acceptors (Lipinski definition) is 4. The predicted octanol–water partition coefficient (Wildman–Crippen LogP) is 4.44. The van der Waals surface area contributed by atoms with Crippen LogP contribution >= 0.6 is 0 Å². The Morgan fingerprint density at radius 1 is 1.00 bits per heavy atom. The SMILES string of the molecule is CN(C(=O)c1ccc(OCc2ccccc2)cc1)C1CCN(CCc2ccccn2)CC1. The van der Waals surface area contributed by atoms with E-state index >= 15 is 0 Å². The van der Waals surface area contributed by atoms with E-state index in [-0.39, 0.29) is 11.9 Å². The van der Waals surface area contributed by atoms with Gasteiger partial charge in [0.05, 0.1) is 0 Å². The van der Waals surface area contributed by atoms with E-state index in [4.69, 9.17) is 4.74 Å². The van der Waals surface area contributed by atoms with Crippen LogP contribution < -0.4 is 4.74 Å². The number of hydrogen-bond donors (Lipinski definition) is 0. The first kappa shape index (κ1) is 22.0. The number of likely N-dealkylation sites (tertiary alicyclic amines) is 1. The monoisotopic (exact) mass is 429 g/mol. The Hall–Kier alpha value is -3.18. The second-order valence-electron chi connectivity index (χ2n) is 8.36. The van der Waals surface area contributed by atoms with E-state index < -0.39 is 0 Å². The summed E-state index contributed by atoms with van der Waals surface area (Å²) in [6.07, 6.45) is 4.83. The maximum atomic E-state index is 13.0. The van der Waals surface area contributed by atoms with Gasteiger partial charge in [0.15, 0.2) is 0 Å². The molecule has 1 aliphatic rings. The van der Waals surface area contributed by atoms with Crippen molar-refractivity contribution in [1.29, 1.82) is 0 Å². The average Bonchev–Trinajstić information content (AvgIpc) is 2.87. The van der Waals surface area contributed by atoms with Gasteiger partial charge in [0.25, 0.3) is 5.91 Å². The van der Waals surface area contributed by atoms with Crippen LogP contribution in [-0.4, -0.2) is 53.4 Å². The van der Waals surface area contributed by atoms with Gasteiger partial charge in [-0.05, 0) is 54.8 Å². The molecule has 0 aliphatic carbocycles. The molecule has 166 valence electrons. The first-order chi connectivity index (χ1) is 15.7. The van der Waals surface area contributed by atoms with Crippen LogP contribution in [0.3, 0.4) is 0 Å². The Morgan fingerprint density at radius 2 is 1.72 bits per heavy atom. The summed E-state index contributed by atoms with van der Waals surface area (Å²) in [6.45, 7) is 3.57. The molecule has 0 spiro atoms. The molecule has 32 heavy (non-hydrogen) atoms. The van der Waals surface area contributed by atoms with Crippen molar-refractivity contribution in [3.8, 4) is 5.75 Å². The number of pyridine rings is 1. The Balaban J connectivity index is 1.23. The minimum atomic E-state index is 0.0755. The van der Waals surface area contributed by atoms with Gasteiger partial charge >= 0.3 is 0 Å². The number of ether oxygens (including phenoxy) is 1. The lowest BCUT2D eigenvalue weighted by Crippen LogP contribution is -2.46. The second kappa shape index (κ2) is 10.9. The zero-order chi connectivity index (χ0) is 22.2. The smallest absolute Gasteiger partial charge is 0.253 e. The number of piperidine rings is 1. The molecular formula is C27H31N3O2. The zero-order valence-corrected chi connectivity index (χ0v) is 18.7. The van der Waals surface area contributed by atoms with Crippen LogP contribution in [0.1, 0.15) is 34.5 Å². The van der Waals surface area contributed by atoms with Gasteiger partial charge in [0.1, 0.15) is 12.4 Å². The van der Waals surface area contributed by atoms with Crippen molar-refractivity contribution in [2.75, 3.05) is 26.7 Å². The molecule has 0 atom stereocenters. The molecule has 1 aliphatic heterocycles. The van der Waals surface area contributed by atoms with Gasteiger partial charge in [0.2, 0.25) is 0 Å². The molecule has 2 heterocycles. The predicted molar refractivity (Wildman–Crippen MR) is 127 cm³/mol. The van der Waals surface area contributed by atoms with Crippen molar-refractivity contribution in [2.45, 2.75) is 31.9 Å². The van der Waals surface area contributed by atoms with Crippen LogP contribution in [0, 0.1) is 0 Å². The van der Waals surface area contributed by atoms with E-state index in [1.807, 2.05) is 84.9 Å². The molecule has 5 heteroatoms. The van der Waals surface area contributed by atoms with Gasteiger partial charge in [-0.15, -0.1) is 0 Å². The van der Waals surface area contributed by atoms with Gasteiger partial charge in [-0.3, -0.25) is 9.78 Å². The van der Waals surface area contributed by atoms with Crippen molar-refractivity contribution in [2.24, 2.45) is 0 Å². The van der Waals surface area contributed by atoms with Crippen LogP contribution in [0.5, 0.6) is 5.75 Å². The summed E-state index contributed by atoms with van der Waals surface area (Å²) in [5.74, 6) is 0.848. The third-order valence-electron chi connectivity index (χ3n) is 6.19. The standard InChI is InChI=1S/C27H31N3O2/c1-29(25-15-19-30(20-16-25)18-14-24-9-5-6-17-28-24)27(31)23-10-12-26(13-11-23)32-21-22-7-3-2-4-8-22/h2-13,17,25H,14-16,18-21H2,1H3. The molecule has 1 amide bonds. The Labute approximate surface area is 190 Å². The number of nitrogens with zero attached hydrogens (tertiary/aromatic N) is 3. The van der Waals surface area contributed by atoms with Crippen LogP contribution in [-0.2, 0) is 13.0 Å². The molecule has 0 N–H and O–H groups in total. The normalized spacial score (nSPS) is 14.8. The number of rotatable bonds is 8. The summed E-state index contributed by atoms with van der Waals surface area (Å²) in [5.41, 5.74) is 2.97. The minimum absolute atomic E-state index is 0.0755. The molecule has 2 aromatic carbocycles. The van der Waals surface area contributed by atoms with Crippen LogP contribution in [0.15, 0.2) is 79.0 Å². The zero-order valence-electron chi connectivity index (χ0n) is 18.7. The summed E-state index contributed by atoms with van der Waals surface area (Å²) in [7, 11) is 1.93. The van der Waals surface area contributed by atoms with Crippen LogP contribution in [0.25, 0.3) is 0 Å². The summed E-state index contributed by atoms with van der Waals surface area (Å²) in [5, 5.41) is 0. The molecule has 1 aromatic heterocycles. The third-order valence-corrected chi connectivity index (χ3v) is 6.19. The van der Waals surface area contributed by atoms with E-state index in [1.165, 1.54) is 0 Å². The molecule has 0 unspecified atom stereocenters. The highest BCUT2D eigenvalue weighted by atomic mass is 16.5. The second-order valence-corrected chi connectivity index (χ2v) is 8.36.